The van der Waals surface area contributed by atoms with Gasteiger partial charge in [-0.3, -0.25) is 0 Å². The maximum Gasteiger partial charge on any atom is 0.119 e. The number of thiazole rings is 1. The van der Waals surface area contributed by atoms with Crippen molar-refractivity contribution in [3.63, 3.8) is 0 Å². The molecule has 0 aliphatic rings. The molecule has 0 fully saturated rings. The second-order valence-electron chi connectivity index (χ2n) is 6.26. The molecule has 2 rings (SSSR count). The van der Waals surface area contributed by atoms with Crippen molar-refractivity contribution in [2.24, 2.45) is 0 Å². The summed E-state index contributed by atoms with van der Waals surface area (Å²) in [6.45, 7) is 9.60. The number of ether oxygens (including phenoxy) is 1. The molecule has 1 heterocycles. The van der Waals surface area contributed by atoms with Crippen molar-refractivity contribution in [1.82, 2.24) is 10.3 Å². The van der Waals surface area contributed by atoms with Crippen LogP contribution in [0, 0.1) is 0 Å². The fourth-order valence-electron chi connectivity index (χ4n) is 2.02. The van der Waals surface area contributed by atoms with Gasteiger partial charge in [0.15, 0.2) is 0 Å². The van der Waals surface area contributed by atoms with Gasteiger partial charge in [-0.15, -0.1) is 11.3 Å². The van der Waals surface area contributed by atoms with Gasteiger partial charge in [-0.25, -0.2) is 4.98 Å². The van der Waals surface area contributed by atoms with Gasteiger partial charge in [0.05, 0.1) is 12.1 Å². The number of nitrogens with zero attached hydrogens (tertiary/aromatic N) is 1. The summed E-state index contributed by atoms with van der Waals surface area (Å²) >= 11 is 1.79. The second-order valence-corrected chi connectivity index (χ2v) is 7.38. The quantitative estimate of drug-likeness (QED) is 0.894. The van der Waals surface area contributed by atoms with E-state index in [2.05, 4.69) is 50.1 Å². The van der Waals surface area contributed by atoms with Gasteiger partial charge < -0.3 is 10.1 Å². The van der Waals surface area contributed by atoms with Crippen LogP contribution in [0.15, 0.2) is 30.5 Å². The maximum atomic E-state index is 5.27. The van der Waals surface area contributed by atoms with E-state index in [1.165, 1.54) is 15.4 Å². The average Bonchev–Trinajstić information content (AvgIpc) is 2.94. The summed E-state index contributed by atoms with van der Waals surface area (Å²) < 4.78 is 5.27. The van der Waals surface area contributed by atoms with Crippen molar-refractivity contribution in [2.75, 3.05) is 7.11 Å². The summed E-state index contributed by atoms with van der Waals surface area (Å²) in [5.74, 6) is 0.897. The molecule has 0 saturated carbocycles. The molecule has 0 radical (unpaired) electrons. The van der Waals surface area contributed by atoms with Crippen LogP contribution in [0.2, 0.25) is 0 Å². The number of hydrogen-bond donors (Lipinski definition) is 1. The van der Waals surface area contributed by atoms with Crippen LogP contribution in [-0.2, 0) is 12.0 Å². The number of aromatic nitrogens is 1. The number of rotatable bonds is 5. The Kier molecular flexibility index (Phi) is 5.01. The van der Waals surface area contributed by atoms with Crippen LogP contribution in [0.5, 0.6) is 5.75 Å². The number of hydrogen-bond acceptors (Lipinski definition) is 4. The van der Waals surface area contributed by atoms with Gasteiger partial charge in [0.2, 0.25) is 0 Å². The van der Waals surface area contributed by atoms with Gasteiger partial charge in [0.1, 0.15) is 5.75 Å². The minimum atomic E-state index is 0.126. The fourth-order valence-corrected chi connectivity index (χ4v) is 2.94. The van der Waals surface area contributed by atoms with Crippen LogP contribution < -0.4 is 10.1 Å². The predicted octanol–water partition coefficient (Wildman–Crippen LogP) is 4.30. The summed E-state index contributed by atoms with van der Waals surface area (Å²) in [6, 6.07) is 8.46. The molecule has 3 nitrogen and oxygen atoms in total. The molecule has 1 N–H and O–H groups in total. The van der Waals surface area contributed by atoms with Gasteiger partial charge in [-0.1, -0.05) is 32.9 Å². The lowest BCUT2D eigenvalue weighted by Crippen LogP contribution is -2.17. The van der Waals surface area contributed by atoms with E-state index in [1.54, 1.807) is 18.4 Å². The van der Waals surface area contributed by atoms with Crippen LogP contribution in [0.25, 0.3) is 0 Å². The lowest BCUT2D eigenvalue weighted by Gasteiger charge is -2.15. The highest BCUT2D eigenvalue weighted by Gasteiger charge is 2.18. The standard InChI is InChI=1S/C17H24N2OS/c1-12(13-7-6-8-14(9-13)20-5)18-10-15-11-19-16(21-15)17(2,3)4/h6-9,11-12,18H,10H2,1-5H3. The largest absolute Gasteiger partial charge is 0.497 e. The number of methoxy groups -OCH3 is 1. The molecule has 0 amide bonds. The third-order valence-corrected chi connectivity index (χ3v) is 4.79. The average molecular weight is 304 g/mol. The Morgan fingerprint density at radius 2 is 2.10 bits per heavy atom. The molecule has 4 heteroatoms. The SMILES string of the molecule is COc1cccc(C(C)NCc2cnc(C(C)(C)C)s2)c1. The fraction of sp³-hybridized carbons (Fsp3) is 0.471. The van der Waals surface area contributed by atoms with Gasteiger partial charge in [-0.2, -0.15) is 0 Å². The summed E-state index contributed by atoms with van der Waals surface area (Å²) in [6.07, 6.45) is 1.98. The Bertz CT molecular complexity index is 586. The van der Waals surface area contributed by atoms with Crippen molar-refractivity contribution in [3.8, 4) is 5.75 Å². The zero-order valence-electron chi connectivity index (χ0n) is 13.4. The highest BCUT2D eigenvalue weighted by molar-refractivity contribution is 7.11. The number of nitrogens with one attached hydrogen (secondary N) is 1. The Hall–Kier alpha value is -1.39. The molecule has 2 aromatic rings. The van der Waals surface area contributed by atoms with Crippen LogP contribution in [0.1, 0.15) is 49.2 Å². The molecule has 1 atom stereocenters. The van der Waals surface area contributed by atoms with Gasteiger partial charge in [0.25, 0.3) is 0 Å². The Labute approximate surface area is 131 Å². The van der Waals surface area contributed by atoms with Crippen molar-refractivity contribution < 1.29 is 4.74 Å². The van der Waals surface area contributed by atoms with E-state index in [0.717, 1.165) is 12.3 Å². The van der Waals surface area contributed by atoms with Gasteiger partial charge in [-0.05, 0) is 24.6 Å². The number of benzene rings is 1. The first-order valence-corrected chi connectivity index (χ1v) is 8.04. The topological polar surface area (TPSA) is 34.1 Å². The molecule has 1 aromatic heterocycles. The highest BCUT2D eigenvalue weighted by Crippen LogP contribution is 2.27. The van der Waals surface area contributed by atoms with Crippen molar-refractivity contribution in [3.05, 3.63) is 45.9 Å². The first-order chi connectivity index (χ1) is 9.90. The van der Waals surface area contributed by atoms with Crippen LogP contribution in [0.3, 0.4) is 0 Å². The maximum absolute atomic E-state index is 5.27. The first-order valence-electron chi connectivity index (χ1n) is 7.22. The predicted molar refractivity (Wildman–Crippen MR) is 89.1 cm³/mol. The minimum Gasteiger partial charge on any atom is -0.497 e. The summed E-state index contributed by atoms with van der Waals surface area (Å²) in [4.78, 5) is 5.80. The minimum absolute atomic E-state index is 0.126. The monoisotopic (exact) mass is 304 g/mol. The lowest BCUT2D eigenvalue weighted by molar-refractivity contribution is 0.413. The summed E-state index contributed by atoms with van der Waals surface area (Å²) in [5, 5.41) is 4.73. The molecule has 21 heavy (non-hydrogen) atoms. The Morgan fingerprint density at radius 3 is 2.71 bits per heavy atom. The van der Waals surface area contributed by atoms with Crippen LogP contribution in [0.4, 0.5) is 0 Å². The molecule has 0 bridgehead atoms. The van der Waals surface area contributed by atoms with Gasteiger partial charge in [0, 0.05) is 29.1 Å². The Morgan fingerprint density at radius 1 is 1.33 bits per heavy atom. The van der Waals surface area contributed by atoms with Crippen LogP contribution in [-0.4, -0.2) is 12.1 Å². The molecule has 0 aliphatic heterocycles. The molecular weight excluding hydrogens is 280 g/mol. The second kappa shape index (κ2) is 6.58. The lowest BCUT2D eigenvalue weighted by atomic mass is 9.98. The third-order valence-electron chi connectivity index (χ3n) is 3.37. The van der Waals surface area contributed by atoms with E-state index in [1.807, 2.05) is 18.3 Å². The molecule has 1 aromatic carbocycles. The molecule has 0 saturated heterocycles. The van der Waals surface area contributed by atoms with E-state index < -0.39 is 0 Å². The molecule has 0 aliphatic carbocycles. The molecule has 0 spiro atoms. The third kappa shape index (κ3) is 4.29. The summed E-state index contributed by atoms with van der Waals surface area (Å²) in [5.41, 5.74) is 1.36. The van der Waals surface area contributed by atoms with Crippen molar-refractivity contribution >= 4 is 11.3 Å². The van der Waals surface area contributed by atoms with E-state index in [0.29, 0.717) is 0 Å². The normalized spacial score (nSPS) is 13.2. The first kappa shape index (κ1) is 16.0. The Balaban J connectivity index is 1.97. The van der Waals surface area contributed by atoms with Crippen molar-refractivity contribution in [1.29, 1.82) is 0 Å². The zero-order valence-corrected chi connectivity index (χ0v) is 14.3. The smallest absolute Gasteiger partial charge is 0.119 e. The zero-order chi connectivity index (χ0) is 15.5. The summed E-state index contributed by atoms with van der Waals surface area (Å²) in [7, 11) is 1.70. The highest BCUT2D eigenvalue weighted by atomic mass is 32.1. The molecule has 1 unspecified atom stereocenters. The molecular formula is C17H24N2OS. The van der Waals surface area contributed by atoms with E-state index in [4.69, 9.17) is 4.74 Å². The van der Waals surface area contributed by atoms with E-state index >= 15 is 0 Å². The molecule has 114 valence electrons. The van der Waals surface area contributed by atoms with E-state index in [-0.39, 0.29) is 11.5 Å². The van der Waals surface area contributed by atoms with Gasteiger partial charge >= 0.3 is 0 Å². The van der Waals surface area contributed by atoms with Crippen molar-refractivity contribution in [2.45, 2.75) is 45.7 Å². The van der Waals surface area contributed by atoms with Crippen LogP contribution >= 0.6 is 11.3 Å². The van der Waals surface area contributed by atoms with E-state index in [9.17, 15) is 0 Å².